The second-order valence-electron chi connectivity index (χ2n) is 23.0. The second-order valence-corrected chi connectivity index (χ2v) is 23.0. The van der Waals surface area contributed by atoms with Gasteiger partial charge in [0.15, 0.2) is 0 Å². The van der Waals surface area contributed by atoms with Gasteiger partial charge in [-0.2, -0.15) is 0 Å². The summed E-state index contributed by atoms with van der Waals surface area (Å²) in [6.45, 7) is 13.9. The molecule has 3 aliphatic rings. The number of hydrogen-bond donors (Lipinski definition) is 0. The zero-order valence-electron chi connectivity index (χ0n) is 47.3. The third-order valence-corrected chi connectivity index (χ3v) is 17.1. The molecule has 0 saturated carbocycles. The van der Waals surface area contributed by atoms with Crippen LogP contribution in [0, 0.1) is 0 Å². The van der Waals surface area contributed by atoms with Crippen molar-refractivity contribution in [3.63, 3.8) is 0 Å². The molecule has 4 heteroatoms. The molecule has 1 heterocycles. The molecule has 0 saturated heterocycles. The van der Waals surface area contributed by atoms with Crippen molar-refractivity contribution < 1.29 is 0 Å². The Morgan fingerprint density at radius 1 is 0.349 bits per heavy atom. The van der Waals surface area contributed by atoms with Crippen molar-refractivity contribution in [2.24, 2.45) is 0 Å². The minimum atomic E-state index is -0.175. The molecular formula is C79H62N4. The molecule has 0 aliphatic heterocycles. The van der Waals surface area contributed by atoms with E-state index in [4.69, 9.17) is 9.97 Å². The lowest BCUT2D eigenvalue weighted by Crippen LogP contribution is -2.18. The van der Waals surface area contributed by atoms with E-state index in [1.165, 1.54) is 55.3 Å². The average Bonchev–Trinajstić information content (AvgIpc) is 3.37. The molecule has 83 heavy (non-hydrogen) atoms. The molecule has 11 aromatic rings. The van der Waals surface area contributed by atoms with Crippen LogP contribution in [-0.4, -0.2) is 9.97 Å². The minimum absolute atomic E-state index is 0.159. The Kier molecular flexibility index (Phi) is 12.7. The number of benzene rings is 10. The maximum Gasteiger partial charge on any atom is 0.0973 e. The topological polar surface area (TPSA) is 32.3 Å². The highest BCUT2D eigenvalue weighted by Gasteiger charge is 2.37. The Morgan fingerprint density at radius 3 is 1.33 bits per heavy atom. The van der Waals surface area contributed by atoms with Crippen LogP contribution in [0.2, 0.25) is 0 Å². The Bertz CT molecular complexity index is 4460. The Hall–Kier alpha value is -10.2. The van der Waals surface area contributed by atoms with Crippen LogP contribution in [0.5, 0.6) is 0 Å². The highest BCUT2D eigenvalue weighted by atomic mass is 15.2. The van der Waals surface area contributed by atoms with Gasteiger partial charge in [0.05, 0.1) is 22.8 Å². The monoisotopic (exact) mass is 1070 g/mol. The van der Waals surface area contributed by atoms with Crippen molar-refractivity contribution in [3.8, 4) is 67.3 Å². The number of anilines is 5. The number of nitrogens with zero attached hydrogens (tertiary/aromatic N) is 4. The van der Waals surface area contributed by atoms with Gasteiger partial charge in [0.1, 0.15) is 0 Å². The molecule has 0 atom stereocenters. The first-order valence-electron chi connectivity index (χ1n) is 28.8. The quantitative estimate of drug-likeness (QED) is 0.137. The van der Waals surface area contributed by atoms with E-state index in [0.717, 1.165) is 91.2 Å². The third-order valence-electron chi connectivity index (χ3n) is 17.1. The summed E-state index contributed by atoms with van der Waals surface area (Å²) < 4.78 is 0. The Morgan fingerprint density at radius 2 is 0.771 bits per heavy atom. The molecule has 0 bridgehead atoms. The van der Waals surface area contributed by atoms with Gasteiger partial charge in [-0.15, -0.1) is 0 Å². The largest absolute Gasteiger partial charge is 0.310 e. The van der Waals surface area contributed by atoms with Crippen molar-refractivity contribution in [3.05, 3.63) is 319 Å². The SMILES string of the molecule is C=C1C=C(N(c2ccc(-c3nc(-c4ccccc4)c(-c4ccccc4)nc3-c3ccc(N(c4ccc5c(c4)C(C)(C)c4ccccc4-5)c4ccc5ccccc5c4)cc3)cc2)c2ccc3c(c2)C(C)(C)c2ccccc2-3)/C=C\C/C=C\C=C/1. The summed E-state index contributed by atoms with van der Waals surface area (Å²) in [5.41, 5.74) is 24.6. The summed E-state index contributed by atoms with van der Waals surface area (Å²) in [6, 6.07) is 85.8. The highest BCUT2D eigenvalue weighted by molar-refractivity contribution is 5.93. The van der Waals surface area contributed by atoms with E-state index in [-0.39, 0.29) is 10.8 Å². The van der Waals surface area contributed by atoms with Crippen LogP contribution in [0.1, 0.15) is 56.4 Å². The summed E-state index contributed by atoms with van der Waals surface area (Å²) in [7, 11) is 0. The van der Waals surface area contributed by atoms with E-state index >= 15 is 0 Å². The first-order chi connectivity index (χ1) is 40.6. The maximum atomic E-state index is 5.73. The number of fused-ring (bicyclic) bond motifs is 7. The van der Waals surface area contributed by atoms with Gasteiger partial charge in [-0.1, -0.05) is 241 Å². The standard InChI is InChI=1S/C79H62N4/c1-53-23-11-7-6-8-16-30-62(49-53)82(64-45-47-68-66-31-19-21-33-70(66)78(2,3)72(68)51-64)60-40-36-57(37-41-60)76-77(81-75(56-27-14-10-15-28-56)74(80-76)55-25-12-9-13-26-55)58-38-42-61(43-39-58)83(63-44-35-54-24-17-18-29-59(54)50-63)65-46-48-69-67-32-20-22-34-71(67)79(4,5)73(69)52-65/h6-7,9-52H,1,8H2,2-5H3/b7-6-,23-11-,30-16-,62-49?. The molecule has 0 fully saturated rings. The average molecular weight is 1070 g/mol. The highest BCUT2D eigenvalue weighted by Crippen LogP contribution is 2.53. The van der Waals surface area contributed by atoms with Gasteiger partial charge in [-0.3, -0.25) is 0 Å². The van der Waals surface area contributed by atoms with Crippen molar-refractivity contribution in [2.75, 3.05) is 9.80 Å². The smallest absolute Gasteiger partial charge is 0.0973 e. The van der Waals surface area contributed by atoms with Gasteiger partial charge >= 0.3 is 0 Å². The minimum Gasteiger partial charge on any atom is -0.310 e. The summed E-state index contributed by atoms with van der Waals surface area (Å²) in [5.74, 6) is 0. The second kappa shape index (κ2) is 20.7. The van der Waals surface area contributed by atoms with E-state index in [2.05, 4.69) is 323 Å². The number of aromatic nitrogens is 2. The van der Waals surface area contributed by atoms with E-state index in [1.807, 2.05) is 0 Å². The van der Waals surface area contributed by atoms with Gasteiger partial charge < -0.3 is 9.80 Å². The van der Waals surface area contributed by atoms with E-state index in [9.17, 15) is 0 Å². The first kappa shape index (κ1) is 51.0. The summed E-state index contributed by atoms with van der Waals surface area (Å²) in [5, 5.41) is 2.39. The molecule has 0 amide bonds. The van der Waals surface area contributed by atoms with Gasteiger partial charge in [0, 0.05) is 67.2 Å². The number of allylic oxidation sites excluding steroid dienone is 8. The zero-order chi connectivity index (χ0) is 56.2. The zero-order valence-corrected chi connectivity index (χ0v) is 47.3. The van der Waals surface area contributed by atoms with E-state index < -0.39 is 0 Å². The fraction of sp³-hybridized carbons (Fsp3) is 0.0886. The molecule has 0 radical (unpaired) electrons. The van der Waals surface area contributed by atoms with Crippen LogP contribution in [0.3, 0.4) is 0 Å². The Balaban J connectivity index is 0.919. The molecule has 3 aliphatic carbocycles. The number of rotatable bonds is 10. The fourth-order valence-corrected chi connectivity index (χ4v) is 12.9. The molecule has 10 aromatic carbocycles. The van der Waals surface area contributed by atoms with Crippen molar-refractivity contribution in [2.45, 2.75) is 44.9 Å². The molecule has 14 rings (SSSR count). The summed E-state index contributed by atoms with van der Waals surface area (Å²) in [4.78, 5) is 16.2. The fourth-order valence-electron chi connectivity index (χ4n) is 12.9. The lowest BCUT2D eigenvalue weighted by molar-refractivity contribution is 0.660. The third kappa shape index (κ3) is 9.14. The lowest BCUT2D eigenvalue weighted by Gasteiger charge is -2.29. The van der Waals surface area contributed by atoms with Crippen molar-refractivity contribution >= 4 is 39.2 Å². The van der Waals surface area contributed by atoms with Gasteiger partial charge in [0.2, 0.25) is 0 Å². The molecule has 398 valence electrons. The molecule has 4 nitrogen and oxygen atoms in total. The van der Waals surface area contributed by atoms with E-state index in [1.54, 1.807) is 0 Å². The van der Waals surface area contributed by atoms with Crippen molar-refractivity contribution in [1.82, 2.24) is 9.97 Å². The first-order valence-corrected chi connectivity index (χ1v) is 28.8. The van der Waals surface area contributed by atoms with E-state index in [0.29, 0.717) is 0 Å². The predicted octanol–water partition coefficient (Wildman–Crippen LogP) is 21.0. The number of hydrogen-bond acceptors (Lipinski definition) is 4. The molecule has 0 unspecified atom stereocenters. The Labute approximate surface area is 487 Å². The van der Waals surface area contributed by atoms with Gasteiger partial charge in [-0.25, -0.2) is 9.97 Å². The molecular weight excluding hydrogens is 1000 g/mol. The van der Waals surface area contributed by atoms with Crippen LogP contribution in [0.4, 0.5) is 28.4 Å². The van der Waals surface area contributed by atoms with Crippen LogP contribution < -0.4 is 9.80 Å². The van der Waals surface area contributed by atoms with Crippen LogP contribution in [0.15, 0.2) is 297 Å². The normalized spacial score (nSPS) is 15.5. The predicted molar refractivity (Wildman–Crippen MR) is 349 cm³/mol. The van der Waals surface area contributed by atoms with Crippen molar-refractivity contribution in [1.29, 1.82) is 0 Å². The van der Waals surface area contributed by atoms with Crippen LogP contribution in [-0.2, 0) is 10.8 Å². The maximum absolute atomic E-state index is 5.73. The summed E-state index contributed by atoms with van der Waals surface area (Å²) in [6.07, 6.45) is 15.8. The van der Waals surface area contributed by atoms with Crippen LogP contribution >= 0.6 is 0 Å². The molecule has 0 spiro atoms. The van der Waals surface area contributed by atoms with Gasteiger partial charge in [-0.05, 0) is 140 Å². The molecule has 1 aromatic heterocycles. The van der Waals surface area contributed by atoms with Crippen LogP contribution in [0.25, 0.3) is 78.1 Å². The lowest BCUT2D eigenvalue weighted by atomic mass is 9.82. The molecule has 0 N–H and O–H groups in total. The summed E-state index contributed by atoms with van der Waals surface area (Å²) >= 11 is 0. The van der Waals surface area contributed by atoms with Gasteiger partial charge in [0.25, 0.3) is 0 Å².